The van der Waals surface area contributed by atoms with Gasteiger partial charge in [-0.1, -0.05) is 18.2 Å². The molecule has 2 aliphatic heterocycles. The van der Waals surface area contributed by atoms with Gasteiger partial charge in [-0.3, -0.25) is 4.79 Å². The van der Waals surface area contributed by atoms with Gasteiger partial charge in [-0.05, 0) is 31.0 Å². The molecule has 0 aliphatic carbocycles. The highest BCUT2D eigenvalue weighted by atomic mass is 19.1. The topological polar surface area (TPSA) is 74.2 Å². The second kappa shape index (κ2) is 5.20. The molecule has 128 valence electrons. The fourth-order valence-corrected chi connectivity index (χ4v) is 4.51. The Labute approximate surface area is 144 Å². The summed E-state index contributed by atoms with van der Waals surface area (Å²) in [6.07, 6.45) is 1.12. The predicted octanol–water partition coefficient (Wildman–Crippen LogP) is 2.36. The molecular weight excluding hydrogens is 319 g/mol. The molecule has 2 atom stereocenters. The molecule has 6 heteroatoms. The van der Waals surface area contributed by atoms with Crippen molar-refractivity contribution in [2.24, 2.45) is 11.7 Å². The molecule has 2 aliphatic rings. The zero-order valence-electron chi connectivity index (χ0n) is 13.7. The number of benzene rings is 2. The Kier molecular flexibility index (Phi) is 3.06. The minimum Gasteiger partial charge on any atom is -0.367 e. The lowest BCUT2D eigenvalue weighted by atomic mass is 10.0. The second-order valence-electron chi connectivity index (χ2n) is 7.05. The molecule has 2 aromatic carbocycles. The fraction of sp³-hybridized carbons (Fsp3) is 0.316. The summed E-state index contributed by atoms with van der Waals surface area (Å²) in [4.78, 5) is 17.2. The average Bonchev–Trinajstić information content (AvgIpc) is 3.26. The largest absolute Gasteiger partial charge is 0.367 e. The zero-order chi connectivity index (χ0) is 17.1. The SMILES string of the molecule is NC(=O)c1cc(F)c(N2CC3CCNC3C2)c2c1[nH]c1ccccc12. The number of aromatic nitrogens is 1. The maximum absolute atomic E-state index is 15.1. The summed E-state index contributed by atoms with van der Waals surface area (Å²) in [5, 5.41) is 5.17. The van der Waals surface area contributed by atoms with Crippen LogP contribution in [0.2, 0.25) is 0 Å². The summed E-state index contributed by atoms with van der Waals surface area (Å²) >= 11 is 0. The number of carbonyl (C=O) groups excluding carboxylic acids is 1. The van der Waals surface area contributed by atoms with Crippen LogP contribution in [0.5, 0.6) is 0 Å². The Bertz CT molecular complexity index is 999. The first-order valence-electron chi connectivity index (χ1n) is 8.64. The highest BCUT2D eigenvalue weighted by Gasteiger charge is 2.38. The molecular formula is C19H19FN4O. The van der Waals surface area contributed by atoms with Gasteiger partial charge in [-0.25, -0.2) is 4.39 Å². The summed E-state index contributed by atoms with van der Waals surface area (Å²) in [5.74, 6) is -0.455. The third kappa shape index (κ3) is 2.07. The molecule has 3 heterocycles. The Balaban J connectivity index is 1.79. The molecule has 3 aromatic rings. The van der Waals surface area contributed by atoms with Crippen LogP contribution in [0.4, 0.5) is 10.1 Å². The van der Waals surface area contributed by atoms with Crippen molar-refractivity contribution in [1.82, 2.24) is 10.3 Å². The lowest BCUT2D eigenvalue weighted by molar-refractivity contribution is 0.100. The van der Waals surface area contributed by atoms with Gasteiger partial charge in [0.25, 0.3) is 5.91 Å². The number of hydrogen-bond acceptors (Lipinski definition) is 3. The molecule has 0 radical (unpaired) electrons. The van der Waals surface area contributed by atoms with E-state index >= 15 is 4.39 Å². The lowest BCUT2D eigenvalue weighted by Gasteiger charge is -2.22. The molecule has 25 heavy (non-hydrogen) atoms. The predicted molar refractivity (Wildman–Crippen MR) is 96.4 cm³/mol. The summed E-state index contributed by atoms with van der Waals surface area (Å²) in [6, 6.07) is 9.42. The summed E-state index contributed by atoms with van der Waals surface area (Å²) in [6.45, 7) is 2.65. The Morgan fingerprint density at radius 2 is 2.12 bits per heavy atom. The van der Waals surface area contributed by atoms with Crippen LogP contribution < -0.4 is 16.0 Å². The molecule has 4 N–H and O–H groups in total. The van der Waals surface area contributed by atoms with Crippen LogP contribution >= 0.6 is 0 Å². The quantitative estimate of drug-likeness (QED) is 0.671. The van der Waals surface area contributed by atoms with Crippen molar-refractivity contribution < 1.29 is 9.18 Å². The van der Waals surface area contributed by atoms with E-state index in [0.29, 0.717) is 23.2 Å². The minimum absolute atomic E-state index is 0.199. The Morgan fingerprint density at radius 3 is 2.92 bits per heavy atom. The molecule has 2 fully saturated rings. The number of aromatic amines is 1. The van der Waals surface area contributed by atoms with E-state index < -0.39 is 5.91 Å². The number of nitrogens with one attached hydrogen (secondary N) is 2. The first-order valence-corrected chi connectivity index (χ1v) is 8.64. The van der Waals surface area contributed by atoms with Gasteiger partial charge in [-0.2, -0.15) is 0 Å². The van der Waals surface area contributed by atoms with Crippen molar-refractivity contribution in [3.05, 3.63) is 41.7 Å². The number of carbonyl (C=O) groups is 1. The highest BCUT2D eigenvalue weighted by molar-refractivity contribution is 6.19. The van der Waals surface area contributed by atoms with E-state index in [0.717, 1.165) is 42.3 Å². The normalized spacial score (nSPS) is 22.8. The zero-order valence-corrected chi connectivity index (χ0v) is 13.7. The molecule has 0 spiro atoms. The third-order valence-corrected chi connectivity index (χ3v) is 5.65. The number of hydrogen-bond donors (Lipinski definition) is 3. The van der Waals surface area contributed by atoms with Crippen molar-refractivity contribution in [2.75, 3.05) is 24.5 Å². The molecule has 0 bridgehead atoms. The maximum atomic E-state index is 15.1. The molecule has 1 amide bonds. The number of halogens is 1. The number of H-pyrrole nitrogens is 1. The number of primary amides is 1. The molecule has 5 nitrogen and oxygen atoms in total. The molecule has 1 aromatic heterocycles. The van der Waals surface area contributed by atoms with Gasteiger partial charge in [0.1, 0.15) is 5.82 Å². The van der Waals surface area contributed by atoms with Crippen LogP contribution in [-0.2, 0) is 0 Å². The summed E-state index contributed by atoms with van der Waals surface area (Å²) in [7, 11) is 0. The number of rotatable bonds is 2. The van der Waals surface area contributed by atoms with Gasteiger partial charge >= 0.3 is 0 Å². The van der Waals surface area contributed by atoms with Crippen LogP contribution in [0.1, 0.15) is 16.8 Å². The molecule has 0 saturated carbocycles. The van der Waals surface area contributed by atoms with Crippen LogP contribution in [0.3, 0.4) is 0 Å². The van der Waals surface area contributed by atoms with E-state index in [4.69, 9.17) is 5.73 Å². The van der Waals surface area contributed by atoms with Crippen LogP contribution in [-0.4, -0.2) is 36.6 Å². The van der Waals surface area contributed by atoms with Gasteiger partial charge < -0.3 is 20.9 Å². The maximum Gasteiger partial charge on any atom is 0.250 e. The van der Waals surface area contributed by atoms with E-state index in [-0.39, 0.29) is 11.4 Å². The summed E-state index contributed by atoms with van der Waals surface area (Å²) in [5.41, 5.74) is 7.78. The minimum atomic E-state index is -0.623. The number of amides is 1. The first-order chi connectivity index (χ1) is 12.1. The number of para-hydroxylation sites is 1. The van der Waals surface area contributed by atoms with Gasteiger partial charge in [0.05, 0.1) is 16.8 Å². The van der Waals surface area contributed by atoms with Crippen molar-refractivity contribution in [3.8, 4) is 0 Å². The van der Waals surface area contributed by atoms with E-state index in [1.807, 2.05) is 24.3 Å². The van der Waals surface area contributed by atoms with E-state index in [2.05, 4.69) is 15.2 Å². The van der Waals surface area contributed by atoms with Crippen LogP contribution in [0, 0.1) is 11.7 Å². The van der Waals surface area contributed by atoms with Crippen molar-refractivity contribution in [2.45, 2.75) is 12.5 Å². The molecule has 2 saturated heterocycles. The van der Waals surface area contributed by atoms with Gasteiger partial charge in [0, 0.05) is 35.4 Å². The Morgan fingerprint density at radius 1 is 1.28 bits per heavy atom. The average molecular weight is 338 g/mol. The van der Waals surface area contributed by atoms with Gasteiger partial charge in [0.15, 0.2) is 0 Å². The number of nitrogens with two attached hydrogens (primary N) is 1. The van der Waals surface area contributed by atoms with Gasteiger partial charge in [-0.15, -0.1) is 0 Å². The molecule has 2 unspecified atom stereocenters. The second-order valence-corrected chi connectivity index (χ2v) is 7.05. The number of fused-ring (bicyclic) bond motifs is 4. The Hall–Kier alpha value is -2.60. The smallest absolute Gasteiger partial charge is 0.250 e. The highest BCUT2D eigenvalue weighted by Crippen LogP contribution is 2.40. The first kappa shape index (κ1) is 14.7. The molecule has 5 rings (SSSR count). The van der Waals surface area contributed by atoms with Crippen molar-refractivity contribution in [1.29, 1.82) is 0 Å². The van der Waals surface area contributed by atoms with E-state index in [1.54, 1.807) is 0 Å². The number of anilines is 1. The standard InChI is InChI=1S/C19H19FN4O/c20-13-7-12(19(21)25)17-16(11-3-1-2-4-14(11)23-17)18(13)24-8-10-5-6-22-15(10)9-24/h1-4,7,10,15,22-23H,5-6,8-9H2,(H2,21,25). The fourth-order valence-electron chi connectivity index (χ4n) is 4.51. The van der Waals surface area contributed by atoms with Crippen LogP contribution in [0.15, 0.2) is 30.3 Å². The summed E-state index contributed by atoms with van der Waals surface area (Å²) < 4.78 is 15.1. The lowest BCUT2D eigenvalue weighted by Crippen LogP contribution is -2.30. The van der Waals surface area contributed by atoms with Crippen molar-refractivity contribution in [3.63, 3.8) is 0 Å². The van der Waals surface area contributed by atoms with Crippen molar-refractivity contribution >= 4 is 33.4 Å². The van der Waals surface area contributed by atoms with E-state index in [9.17, 15) is 4.79 Å². The van der Waals surface area contributed by atoms with Crippen LogP contribution in [0.25, 0.3) is 21.8 Å². The third-order valence-electron chi connectivity index (χ3n) is 5.65. The number of nitrogens with zero attached hydrogens (tertiary/aromatic N) is 1. The monoisotopic (exact) mass is 338 g/mol. The van der Waals surface area contributed by atoms with E-state index in [1.165, 1.54) is 6.07 Å². The van der Waals surface area contributed by atoms with Gasteiger partial charge in [0.2, 0.25) is 0 Å².